The lowest BCUT2D eigenvalue weighted by atomic mass is 10.0. The number of hydrogen-bond acceptors (Lipinski definition) is 1. The van der Waals surface area contributed by atoms with Gasteiger partial charge in [0.2, 0.25) is 5.91 Å². The molecule has 3 nitrogen and oxygen atoms in total. The SMILES string of the molecule is O=C(/C=C/c1c(F)cccc1Cl)N1CCc2[nH]c3ccccc3c2C1. The van der Waals surface area contributed by atoms with Crippen LogP contribution in [0.25, 0.3) is 17.0 Å². The lowest BCUT2D eigenvalue weighted by Gasteiger charge is -2.26. The summed E-state index contributed by atoms with van der Waals surface area (Å²) in [5.74, 6) is -0.579. The Bertz CT molecular complexity index is 972. The second-order valence-corrected chi connectivity index (χ2v) is 6.51. The molecule has 3 aromatic rings. The standard InChI is InChI=1S/C20H16ClFN2O/c21-16-5-3-6-17(22)14(16)8-9-20(25)24-11-10-19-15(12-24)13-4-1-2-7-18(13)23-19/h1-9,23H,10-12H2/b9-8+. The van der Waals surface area contributed by atoms with E-state index in [0.717, 1.165) is 22.9 Å². The van der Waals surface area contributed by atoms with Crippen LogP contribution in [0, 0.1) is 5.82 Å². The Hall–Kier alpha value is -2.59. The third kappa shape index (κ3) is 2.94. The summed E-state index contributed by atoms with van der Waals surface area (Å²) in [6.45, 7) is 1.18. The van der Waals surface area contributed by atoms with Crippen LogP contribution < -0.4 is 0 Å². The van der Waals surface area contributed by atoms with Crippen LogP contribution in [-0.4, -0.2) is 22.3 Å². The van der Waals surface area contributed by atoms with E-state index in [4.69, 9.17) is 11.6 Å². The van der Waals surface area contributed by atoms with Gasteiger partial charge in [-0.3, -0.25) is 4.79 Å². The van der Waals surface area contributed by atoms with Crippen molar-refractivity contribution < 1.29 is 9.18 Å². The van der Waals surface area contributed by atoms with E-state index in [1.165, 1.54) is 23.9 Å². The number of halogens is 2. The van der Waals surface area contributed by atoms with E-state index in [9.17, 15) is 9.18 Å². The van der Waals surface area contributed by atoms with Crippen LogP contribution >= 0.6 is 11.6 Å². The molecule has 0 fully saturated rings. The van der Waals surface area contributed by atoms with Gasteiger partial charge in [0.15, 0.2) is 0 Å². The van der Waals surface area contributed by atoms with E-state index in [1.54, 1.807) is 17.0 Å². The lowest BCUT2D eigenvalue weighted by Crippen LogP contribution is -2.34. The quantitative estimate of drug-likeness (QED) is 0.673. The zero-order chi connectivity index (χ0) is 17.4. The van der Waals surface area contributed by atoms with Crippen molar-refractivity contribution in [1.82, 2.24) is 9.88 Å². The molecule has 1 aromatic heterocycles. The molecule has 0 atom stereocenters. The van der Waals surface area contributed by atoms with Gasteiger partial charge in [0.1, 0.15) is 5.82 Å². The van der Waals surface area contributed by atoms with Crippen molar-refractivity contribution in [3.63, 3.8) is 0 Å². The summed E-state index contributed by atoms with van der Waals surface area (Å²) in [6.07, 6.45) is 3.62. The van der Waals surface area contributed by atoms with Crippen LogP contribution in [0.5, 0.6) is 0 Å². The summed E-state index contributed by atoms with van der Waals surface area (Å²) in [4.78, 5) is 17.7. The van der Waals surface area contributed by atoms with Crippen molar-refractivity contribution in [2.24, 2.45) is 0 Å². The van der Waals surface area contributed by atoms with Crippen LogP contribution in [0.2, 0.25) is 5.02 Å². The number of aromatic amines is 1. The molecule has 2 heterocycles. The highest BCUT2D eigenvalue weighted by molar-refractivity contribution is 6.32. The topological polar surface area (TPSA) is 36.1 Å². The zero-order valence-corrected chi connectivity index (χ0v) is 14.2. The number of hydrogen-bond donors (Lipinski definition) is 1. The highest BCUT2D eigenvalue weighted by atomic mass is 35.5. The molecule has 126 valence electrons. The number of benzene rings is 2. The van der Waals surface area contributed by atoms with Gasteiger partial charge in [-0.1, -0.05) is 35.9 Å². The predicted molar refractivity (Wildman–Crippen MR) is 97.9 cm³/mol. The number of nitrogens with zero attached hydrogens (tertiary/aromatic N) is 1. The zero-order valence-electron chi connectivity index (χ0n) is 13.4. The van der Waals surface area contributed by atoms with Crippen LogP contribution in [0.1, 0.15) is 16.8 Å². The van der Waals surface area contributed by atoms with E-state index in [2.05, 4.69) is 11.1 Å². The number of fused-ring (bicyclic) bond motifs is 3. The first-order chi connectivity index (χ1) is 12.1. The number of nitrogens with one attached hydrogen (secondary N) is 1. The third-order valence-electron chi connectivity index (χ3n) is 4.59. The normalized spacial score (nSPS) is 14.2. The first-order valence-corrected chi connectivity index (χ1v) is 8.51. The number of para-hydroxylation sites is 1. The molecule has 2 aromatic carbocycles. The van der Waals surface area contributed by atoms with Crippen molar-refractivity contribution in [3.8, 4) is 0 Å². The molecular weight excluding hydrogens is 339 g/mol. The van der Waals surface area contributed by atoms with Gasteiger partial charge >= 0.3 is 0 Å². The Morgan fingerprint density at radius 1 is 1.20 bits per heavy atom. The minimum absolute atomic E-state index is 0.143. The van der Waals surface area contributed by atoms with E-state index >= 15 is 0 Å². The van der Waals surface area contributed by atoms with Gasteiger partial charge in [-0.25, -0.2) is 4.39 Å². The van der Waals surface area contributed by atoms with Crippen molar-refractivity contribution in [2.45, 2.75) is 13.0 Å². The number of H-pyrrole nitrogens is 1. The van der Waals surface area contributed by atoms with Crippen molar-refractivity contribution in [1.29, 1.82) is 0 Å². The van der Waals surface area contributed by atoms with Crippen molar-refractivity contribution in [2.75, 3.05) is 6.54 Å². The van der Waals surface area contributed by atoms with Crippen molar-refractivity contribution >= 4 is 34.5 Å². The summed E-state index contributed by atoms with van der Waals surface area (Å²) >= 11 is 6.00. The fourth-order valence-corrected chi connectivity index (χ4v) is 3.51. The molecule has 1 aliphatic heterocycles. The average Bonchev–Trinajstić information content (AvgIpc) is 2.99. The maximum atomic E-state index is 13.8. The summed E-state index contributed by atoms with van der Waals surface area (Å²) in [6, 6.07) is 12.6. The fourth-order valence-electron chi connectivity index (χ4n) is 3.28. The minimum atomic E-state index is -0.436. The van der Waals surface area contributed by atoms with Gasteiger partial charge in [0.05, 0.1) is 5.02 Å². The van der Waals surface area contributed by atoms with E-state index in [0.29, 0.717) is 18.1 Å². The summed E-state index contributed by atoms with van der Waals surface area (Å²) in [5, 5.41) is 1.44. The number of carbonyl (C=O) groups excluding carboxylic acids is 1. The first-order valence-electron chi connectivity index (χ1n) is 8.13. The van der Waals surface area contributed by atoms with Gasteiger partial charge in [-0.2, -0.15) is 0 Å². The van der Waals surface area contributed by atoms with Crippen LogP contribution in [0.3, 0.4) is 0 Å². The Kier molecular flexibility index (Phi) is 4.06. The molecule has 1 N–H and O–H groups in total. The molecule has 0 saturated carbocycles. The first kappa shape index (κ1) is 15.9. The molecule has 0 aliphatic carbocycles. The molecular formula is C20H16ClFN2O. The molecule has 0 bridgehead atoms. The summed E-state index contributed by atoms with van der Waals surface area (Å²) in [5.41, 5.74) is 3.68. The molecule has 0 saturated heterocycles. The molecule has 5 heteroatoms. The molecule has 4 rings (SSSR count). The highest BCUT2D eigenvalue weighted by Crippen LogP contribution is 2.28. The molecule has 0 radical (unpaired) electrons. The molecule has 1 amide bonds. The van der Waals surface area contributed by atoms with Crippen LogP contribution in [0.15, 0.2) is 48.5 Å². The third-order valence-corrected chi connectivity index (χ3v) is 4.92. The average molecular weight is 355 g/mol. The molecule has 0 spiro atoms. The summed E-state index contributed by atoms with van der Waals surface area (Å²) < 4.78 is 13.8. The maximum Gasteiger partial charge on any atom is 0.246 e. The molecule has 25 heavy (non-hydrogen) atoms. The maximum absolute atomic E-state index is 13.8. The Balaban J connectivity index is 1.57. The van der Waals surface area contributed by atoms with Crippen LogP contribution in [-0.2, 0) is 17.8 Å². The monoisotopic (exact) mass is 354 g/mol. The van der Waals surface area contributed by atoms with Gasteiger partial charge in [-0.05, 0) is 24.3 Å². The largest absolute Gasteiger partial charge is 0.358 e. The van der Waals surface area contributed by atoms with Gasteiger partial charge in [0, 0.05) is 53.3 Å². The van der Waals surface area contributed by atoms with Gasteiger partial charge < -0.3 is 9.88 Å². The van der Waals surface area contributed by atoms with Crippen molar-refractivity contribution in [3.05, 3.63) is 76.2 Å². The Morgan fingerprint density at radius 2 is 2.04 bits per heavy atom. The molecule has 1 aliphatic rings. The van der Waals surface area contributed by atoms with E-state index in [-0.39, 0.29) is 11.5 Å². The number of amides is 1. The van der Waals surface area contributed by atoms with Gasteiger partial charge in [0.25, 0.3) is 0 Å². The van der Waals surface area contributed by atoms with Gasteiger partial charge in [-0.15, -0.1) is 0 Å². The smallest absolute Gasteiger partial charge is 0.246 e. The minimum Gasteiger partial charge on any atom is -0.358 e. The Morgan fingerprint density at radius 3 is 2.88 bits per heavy atom. The van der Waals surface area contributed by atoms with Crippen LogP contribution in [0.4, 0.5) is 4.39 Å². The second kappa shape index (κ2) is 6.37. The fraction of sp³-hybridized carbons (Fsp3) is 0.150. The Labute approximate surface area is 149 Å². The highest BCUT2D eigenvalue weighted by Gasteiger charge is 2.22. The second-order valence-electron chi connectivity index (χ2n) is 6.11. The van der Waals surface area contributed by atoms with E-state index < -0.39 is 5.82 Å². The predicted octanol–water partition coefficient (Wildman–Crippen LogP) is 4.56. The lowest BCUT2D eigenvalue weighted by molar-refractivity contribution is -0.126. The molecule has 0 unspecified atom stereocenters. The number of aromatic nitrogens is 1. The number of carbonyl (C=O) groups is 1. The number of rotatable bonds is 2. The van der Waals surface area contributed by atoms with E-state index in [1.807, 2.05) is 18.2 Å². The summed E-state index contributed by atoms with van der Waals surface area (Å²) in [7, 11) is 0.